The molecule has 0 aromatic heterocycles. The fourth-order valence-electron chi connectivity index (χ4n) is 3.49. The van der Waals surface area contributed by atoms with E-state index in [-0.39, 0.29) is 16.4 Å². The van der Waals surface area contributed by atoms with Crippen LogP contribution >= 0.6 is 19.4 Å². The van der Waals surface area contributed by atoms with Gasteiger partial charge in [0.1, 0.15) is 23.3 Å². The third-order valence-electron chi connectivity index (χ3n) is 5.05. The maximum absolute atomic E-state index is 13.5. The number of ketones is 1. The van der Waals surface area contributed by atoms with Gasteiger partial charge >= 0.3 is 7.82 Å². The number of carbonyl (C=O) groups is 2. The van der Waals surface area contributed by atoms with Crippen molar-refractivity contribution in [3.63, 3.8) is 0 Å². The molecule has 0 fully saturated rings. The Morgan fingerprint density at radius 3 is 2.48 bits per heavy atom. The van der Waals surface area contributed by atoms with Gasteiger partial charge in [-0.1, -0.05) is 11.6 Å². The molecule has 12 heteroatoms. The first-order valence-electron chi connectivity index (χ1n) is 9.70. The third kappa shape index (κ3) is 5.97. The second-order valence-corrected chi connectivity index (χ2v) is 9.57. The van der Waals surface area contributed by atoms with E-state index < -0.39 is 44.1 Å². The number of phosphoric acid groups is 1. The van der Waals surface area contributed by atoms with E-state index in [0.29, 0.717) is 16.9 Å². The molecule has 0 bridgehead atoms. The summed E-state index contributed by atoms with van der Waals surface area (Å²) < 4.78 is 40.6. The van der Waals surface area contributed by atoms with E-state index >= 15 is 0 Å². The highest BCUT2D eigenvalue weighted by molar-refractivity contribution is 7.46. The normalized spacial score (nSPS) is 19.4. The first-order chi connectivity index (χ1) is 15.3. The van der Waals surface area contributed by atoms with Crippen molar-refractivity contribution >= 4 is 31.1 Å². The number of fused-ring (bicyclic) bond motifs is 1. The number of hydrogen-bond donors (Lipinski definition) is 3. The monoisotopic (exact) mass is 501 g/mol. The first-order valence-corrected chi connectivity index (χ1v) is 11.6. The Kier molecular flexibility index (Phi) is 7.28. The molecule has 2 aromatic carbocycles. The summed E-state index contributed by atoms with van der Waals surface area (Å²) >= 11 is 5.79. The molecule has 3 rings (SSSR count). The second kappa shape index (κ2) is 9.50. The minimum absolute atomic E-state index is 0.0696. The first kappa shape index (κ1) is 25.3. The lowest BCUT2D eigenvalue weighted by Crippen LogP contribution is -2.55. The van der Waals surface area contributed by atoms with E-state index in [9.17, 15) is 18.5 Å². The predicted octanol–water partition coefficient (Wildman–Crippen LogP) is 3.78. The van der Waals surface area contributed by atoms with Crippen molar-refractivity contribution in [3.05, 3.63) is 63.9 Å². The summed E-state index contributed by atoms with van der Waals surface area (Å²) in [6.45, 7) is 3.90. The van der Waals surface area contributed by atoms with Crippen LogP contribution in [0, 0.1) is 5.82 Å². The van der Waals surface area contributed by atoms with Crippen LogP contribution in [-0.2, 0) is 13.8 Å². The van der Waals surface area contributed by atoms with Crippen molar-refractivity contribution in [2.75, 3.05) is 6.79 Å². The number of phosphoric ester groups is 1. The lowest BCUT2D eigenvalue weighted by Gasteiger charge is -2.44. The third-order valence-corrected chi connectivity index (χ3v) is 5.78. The smallest absolute Gasteiger partial charge is 0.471 e. The van der Waals surface area contributed by atoms with Crippen molar-refractivity contribution in [1.29, 1.82) is 0 Å². The van der Waals surface area contributed by atoms with E-state index in [4.69, 9.17) is 30.9 Å². The molecule has 9 nitrogen and oxygen atoms in total. The maximum Gasteiger partial charge on any atom is 0.471 e. The molecular formula is C21H22ClFNO8P. The van der Waals surface area contributed by atoms with Crippen molar-refractivity contribution in [2.24, 2.45) is 0 Å². The number of carbonyl (C=O) groups excluding carboxylic acids is 2. The lowest BCUT2D eigenvalue weighted by molar-refractivity contribution is -0.141. The Morgan fingerprint density at radius 1 is 1.21 bits per heavy atom. The molecule has 3 N–H and O–H groups in total. The van der Waals surface area contributed by atoms with Gasteiger partial charge in [0.2, 0.25) is 0 Å². The fraction of sp³-hybridized carbons (Fsp3) is 0.333. The van der Waals surface area contributed by atoms with Crippen molar-refractivity contribution in [1.82, 2.24) is 5.32 Å². The zero-order valence-corrected chi connectivity index (χ0v) is 19.5. The Labute approximate surface area is 194 Å². The molecule has 2 atom stereocenters. The van der Waals surface area contributed by atoms with Gasteiger partial charge in [-0.2, -0.15) is 0 Å². The average molecular weight is 502 g/mol. The molecule has 2 aromatic rings. The van der Waals surface area contributed by atoms with Gasteiger partial charge < -0.3 is 24.6 Å². The van der Waals surface area contributed by atoms with Crippen molar-refractivity contribution in [2.45, 2.75) is 38.5 Å². The van der Waals surface area contributed by atoms with Gasteiger partial charge in [0.25, 0.3) is 5.91 Å². The number of halogens is 2. The van der Waals surface area contributed by atoms with E-state index in [1.54, 1.807) is 26.0 Å². The highest BCUT2D eigenvalue weighted by Gasteiger charge is 2.46. The number of Topliss-reactive ketones (excluding diaryl/α,β-unsaturated/α-hetero) is 1. The molecule has 0 radical (unpaired) electrons. The van der Waals surface area contributed by atoms with Crippen molar-refractivity contribution < 1.29 is 42.3 Å². The highest BCUT2D eigenvalue weighted by atomic mass is 35.5. The Bertz CT molecular complexity index is 1140. The topological polar surface area (TPSA) is 131 Å². The molecule has 1 aliphatic rings. The van der Waals surface area contributed by atoms with E-state index in [1.165, 1.54) is 19.1 Å². The van der Waals surface area contributed by atoms with Gasteiger partial charge in [0, 0.05) is 16.7 Å². The zero-order chi connectivity index (χ0) is 24.6. The standard InChI is InChI=1S/C21H22ClFNO8P/c1-11(25)12-5-7-17-14(8-12)18(24-20(26)13-4-6-16(23)15(22)9-13)19(21(2,3)32-17)30-10-31-33(27,28)29/h4-9,18-19H,10H2,1-3H3,(H,24,26)(H2,27,28,29)/t18-,19-/m0/s1. The summed E-state index contributed by atoms with van der Waals surface area (Å²) in [7, 11) is -4.82. The van der Waals surface area contributed by atoms with Crippen LogP contribution < -0.4 is 10.1 Å². The Balaban J connectivity index is 2.01. The van der Waals surface area contributed by atoms with Gasteiger partial charge in [-0.3, -0.25) is 14.1 Å². The molecule has 0 aliphatic carbocycles. The second-order valence-electron chi connectivity index (χ2n) is 7.92. The molecule has 178 valence electrons. The predicted molar refractivity (Wildman–Crippen MR) is 116 cm³/mol. The molecular weight excluding hydrogens is 480 g/mol. The van der Waals surface area contributed by atoms with Gasteiger partial charge in [-0.05, 0) is 57.2 Å². The molecule has 1 amide bonds. The summed E-state index contributed by atoms with van der Waals surface area (Å²) in [5.41, 5.74) is -0.266. The minimum atomic E-state index is -4.82. The number of amides is 1. The maximum atomic E-state index is 13.5. The number of benzene rings is 2. The summed E-state index contributed by atoms with van der Waals surface area (Å²) in [5, 5.41) is 2.53. The van der Waals surface area contributed by atoms with Gasteiger partial charge in [0.05, 0.1) is 11.1 Å². The van der Waals surface area contributed by atoms with Crippen LogP contribution in [0.3, 0.4) is 0 Å². The van der Waals surface area contributed by atoms with E-state index in [2.05, 4.69) is 9.84 Å². The molecule has 0 saturated carbocycles. The quantitative estimate of drug-likeness (QED) is 0.297. The zero-order valence-electron chi connectivity index (χ0n) is 17.9. The number of hydrogen-bond acceptors (Lipinski definition) is 6. The minimum Gasteiger partial charge on any atom is -0.485 e. The largest absolute Gasteiger partial charge is 0.485 e. The number of ether oxygens (including phenoxy) is 2. The fourth-order valence-corrected chi connectivity index (χ4v) is 3.87. The van der Waals surface area contributed by atoms with Crippen LogP contribution in [0.1, 0.15) is 53.1 Å². The van der Waals surface area contributed by atoms with Crippen LogP contribution in [0.4, 0.5) is 4.39 Å². The molecule has 1 heterocycles. The number of nitrogens with one attached hydrogen (secondary N) is 1. The SMILES string of the molecule is CC(=O)c1ccc2c(c1)[C@H](NC(=O)c1ccc(F)c(Cl)c1)[C@H](OCOP(=O)(O)O)C(C)(C)O2. The molecule has 0 saturated heterocycles. The summed E-state index contributed by atoms with van der Waals surface area (Å²) in [6.07, 6.45) is -1.00. The van der Waals surface area contributed by atoms with Gasteiger partial charge in [-0.25, -0.2) is 8.96 Å². The average Bonchev–Trinajstić information content (AvgIpc) is 2.70. The number of rotatable bonds is 7. The van der Waals surface area contributed by atoms with Crippen LogP contribution in [-0.4, -0.2) is 40.0 Å². The van der Waals surface area contributed by atoms with Crippen LogP contribution in [0.5, 0.6) is 5.75 Å². The molecule has 0 spiro atoms. The van der Waals surface area contributed by atoms with Crippen molar-refractivity contribution in [3.8, 4) is 5.75 Å². The lowest BCUT2D eigenvalue weighted by atomic mass is 9.85. The van der Waals surface area contributed by atoms with E-state index in [0.717, 1.165) is 12.1 Å². The summed E-state index contributed by atoms with van der Waals surface area (Å²) in [6, 6.07) is 7.24. The highest BCUT2D eigenvalue weighted by Crippen LogP contribution is 2.43. The molecule has 33 heavy (non-hydrogen) atoms. The summed E-state index contributed by atoms with van der Waals surface area (Å²) in [4.78, 5) is 42.8. The summed E-state index contributed by atoms with van der Waals surface area (Å²) in [5.74, 6) is -1.15. The van der Waals surface area contributed by atoms with E-state index in [1.807, 2.05) is 0 Å². The van der Waals surface area contributed by atoms with Crippen LogP contribution in [0.25, 0.3) is 0 Å². The van der Waals surface area contributed by atoms with Gasteiger partial charge in [0.15, 0.2) is 12.6 Å². The van der Waals surface area contributed by atoms with Gasteiger partial charge in [-0.15, -0.1) is 0 Å². The van der Waals surface area contributed by atoms with Crippen LogP contribution in [0.2, 0.25) is 5.02 Å². The Hall–Kier alpha value is -2.33. The Morgan fingerprint density at radius 2 is 1.88 bits per heavy atom. The molecule has 1 aliphatic heterocycles. The van der Waals surface area contributed by atoms with Crippen LogP contribution in [0.15, 0.2) is 36.4 Å². The molecule has 0 unspecified atom stereocenters.